The van der Waals surface area contributed by atoms with Crippen molar-refractivity contribution in [3.63, 3.8) is 0 Å². The number of nitrogens with zero attached hydrogens (tertiary/aromatic N) is 1. The maximum atomic E-state index is 4.01. The van der Waals surface area contributed by atoms with Crippen molar-refractivity contribution < 1.29 is 0 Å². The van der Waals surface area contributed by atoms with Gasteiger partial charge in [0.2, 0.25) is 0 Å². The van der Waals surface area contributed by atoms with Gasteiger partial charge in [-0.2, -0.15) is 0 Å². The van der Waals surface area contributed by atoms with Gasteiger partial charge in [0.25, 0.3) is 0 Å². The molecule has 0 aliphatic heterocycles. The minimum absolute atomic E-state index is 0.743. The third-order valence-corrected chi connectivity index (χ3v) is 2.34. The van der Waals surface area contributed by atoms with Crippen LogP contribution in [0.5, 0.6) is 0 Å². The van der Waals surface area contributed by atoms with Crippen LogP contribution in [0, 0.1) is 5.92 Å². The lowest BCUT2D eigenvalue weighted by Gasteiger charge is -2.13. The molecule has 1 atom stereocenters. The molecule has 1 N–H and O–H groups in total. The molecule has 0 aliphatic carbocycles. The highest BCUT2D eigenvalue weighted by Gasteiger charge is 2.05. The molecule has 0 saturated heterocycles. The Labute approximate surface area is 80.4 Å². The van der Waals surface area contributed by atoms with Crippen molar-refractivity contribution >= 4 is 0 Å². The van der Waals surface area contributed by atoms with Crippen molar-refractivity contribution in [3.8, 4) is 0 Å². The third kappa shape index (κ3) is 3.55. The van der Waals surface area contributed by atoms with Crippen molar-refractivity contribution in [2.24, 2.45) is 5.92 Å². The van der Waals surface area contributed by atoms with Crippen LogP contribution in [0.2, 0.25) is 0 Å². The molecule has 72 valence electrons. The van der Waals surface area contributed by atoms with E-state index in [1.54, 1.807) is 0 Å². The van der Waals surface area contributed by atoms with Gasteiger partial charge in [0.15, 0.2) is 0 Å². The number of rotatable bonds is 5. The standard InChI is InChI=1S/C11H18N2/c1-3-10(9-12-2)8-11-4-6-13-7-5-11/h4-7,10,12H,3,8-9H2,1-2H3. The van der Waals surface area contributed by atoms with Crippen LogP contribution in [0.15, 0.2) is 24.5 Å². The Morgan fingerprint density at radius 1 is 1.38 bits per heavy atom. The largest absolute Gasteiger partial charge is 0.319 e. The summed E-state index contributed by atoms with van der Waals surface area (Å²) in [6.45, 7) is 3.34. The summed E-state index contributed by atoms with van der Waals surface area (Å²) < 4.78 is 0. The van der Waals surface area contributed by atoms with E-state index < -0.39 is 0 Å². The molecule has 1 unspecified atom stereocenters. The van der Waals surface area contributed by atoms with Gasteiger partial charge in [-0.05, 0) is 43.6 Å². The second-order valence-corrected chi connectivity index (χ2v) is 3.39. The average Bonchev–Trinajstić information content (AvgIpc) is 2.19. The van der Waals surface area contributed by atoms with E-state index in [4.69, 9.17) is 0 Å². The number of aromatic nitrogens is 1. The Kier molecular flexibility index (Phi) is 4.47. The number of pyridine rings is 1. The maximum absolute atomic E-state index is 4.01. The first-order chi connectivity index (χ1) is 6.36. The highest BCUT2D eigenvalue weighted by Crippen LogP contribution is 2.10. The van der Waals surface area contributed by atoms with Gasteiger partial charge < -0.3 is 5.32 Å². The zero-order valence-electron chi connectivity index (χ0n) is 8.46. The molecule has 2 heteroatoms. The van der Waals surface area contributed by atoms with E-state index in [0.717, 1.165) is 18.9 Å². The molecule has 0 aromatic carbocycles. The highest BCUT2D eigenvalue weighted by atomic mass is 14.8. The maximum Gasteiger partial charge on any atom is 0.0270 e. The summed E-state index contributed by atoms with van der Waals surface area (Å²) in [6.07, 6.45) is 6.10. The van der Waals surface area contributed by atoms with Crippen LogP contribution in [-0.4, -0.2) is 18.6 Å². The fraction of sp³-hybridized carbons (Fsp3) is 0.545. The SMILES string of the molecule is CCC(CNC)Cc1ccncc1. The van der Waals surface area contributed by atoms with Crippen LogP contribution in [0.1, 0.15) is 18.9 Å². The number of hydrogen-bond acceptors (Lipinski definition) is 2. The molecule has 1 aromatic heterocycles. The molecule has 0 saturated carbocycles. The summed E-state index contributed by atoms with van der Waals surface area (Å²) >= 11 is 0. The second kappa shape index (κ2) is 5.70. The van der Waals surface area contributed by atoms with Gasteiger partial charge in [-0.1, -0.05) is 13.3 Å². The normalized spacial score (nSPS) is 12.8. The van der Waals surface area contributed by atoms with Crippen LogP contribution >= 0.6 is 0 Å². The van der Waals surface area contributed by atoms with Crippen LogP contribution in [-0.2, 0) is 6.42 Å². The summed E-state index contributed by atoms with van der Waals surface area (Å²) in [6, 6.07) is 4.19. The average molecular weight is 178 g/mol. The first-order valence-electron chi connectivity index (χ1n) is 4.90. The summed E-state index contributed by atoms with van der Waals surface area (Å²) in [4.78, 5) is 4.01. The molecule has 1 aromatic rings. The van der Waals surface area contributed by atoms with Gasteiger partial charge in [0, 0.05) is 12.4 Å². The molecule has 1 heterocycles. The van der Waals surface area contributed by atoms with E-state index in [1.165, 1.54) is 12.0 Å². The molecular weight excluding hydrogens is 160 g/mol. The van der Waals surface area contributed by atoms with Crippen molar-refractivity contribution in [3.05, 3.63) is 30.1 Å². The Balaban J connectivity index is 2.46. The fourth-order valence-corrected chi connectivity index (χ4v) is 1.50. The Hall–Kier alpha value is -0.890. The number of nitrogens with one attached hydrogen (secondary N) is 1. The molecule has 0 aliphatic rings. The first-order valence-corrected chi connectivity index (χ1v) is 4.90. The topological polar surface area (TPSA) is 24.9 Å². The fourth-order valence-electron chi connectivity index (χ4n) is 1.50. The molecule has 0 bridgehead atoms. The summed E-state index contributed by atoms with van der Waals surface area (Å²) in [5, 5.41) is 3.22. The lowest BCUT2D eigenvalue weighted by Crippen LogP contribution is -2.20. The van der Waals surface area contributed by atoms with E-state index in [2.05, 4.69) is 29.4 Å². The molecular formula is C11H18N2. The minimum Gasteiger partial charge on any atom is -0.319 e. The molecule has 0 radical (unpaired) electrons. The van der Waals surface area contributed by atoms with Crippen LogP contribution in [0.25, 0.3) is 0 Å². The molecule has 0 spiro atoms. The molecule has 13 heavy (non-hydrogen) atoms. The lowest BCUT2D eigenvalue weighted by atomic mass is 9.98. The van der Waals surface area contributed by atoms with Crippen molar-refractivity contribution in [2.45, 2.75) is 19.8 Å². The zero-order chi connectivity index (χ0) is 9.52. The summed E-state index contributed by atoms with van der Waals surface area (Å²) in [5.74, 6) is 0.743. The lowest BCUT2D eigenvalue weighted by molar-refractivity contribution is 0.481. The van der Waals surface area contributed by atoms with Gasteiger partial charge in [-0.25, -0.2) is 0 Å². The van der Waals surface area contributed by atoms with Crippen LogP contribution < -0.4 is 5.32 Å². The predicted molar refractivity (Wildman–Crippen MR) is 55.6 cm³/mol. The summed E-state index contributed by atoms with van der Waals surface area (Å²) in [7, 11) is 2.01. The summed E-state index contributed by atoms with van der Waals surface area (Å²) in [5.41, 5.74) is 1.39. The van der Waals surface area contributed by atoms with E-state index in [-0.39, 0.29) is 0 Å². The quantitative estimate of drug-likeness (QED) is 0.744. The second-order valence-electron chi connectivity index (χ2n) is 3.39. The van der Waals surface area contributed by atoms with Gasteiger partial charge in [-0.15, -0.1) is 0 Å². The van der Waals surface area contributed by atoms with Gasteiger partial charge >= 0.3 is 0 Å². The third-order valence-electron chi connectivity index (χ3n) is 2.34. The molecule has 0 amide bonds. The van der Waals surface area contributed by atoms with Crippen molar-refractivity contribution in [2.75, 3.05) is 13.6 Å². The Bertz CT molecular complexity index is 221. The monoisotopic (exact) mass is 178 g/mol. The Morgan fingerprint density at radius 3 is 2.62 bits per heavy atom. The van der Waals surface area contributed by atoms with E-state index in [9.17, 15) is 0 Å². The van der Waals surface area contributed by atoms with Crippen LogP contribution in [0.4, 0.5) is 0 Å². The zero-order valence-corrected chi connectivity index (χ0v) is 8.46. The highest BCUT2D eigenvalue weighted by molar-refractivity contribution is 5.10. The Morgan fingerprint density at radius 2 is 2.08 bits per heavy atom. The first kappa shape index (κ1) is 10.2. The predicted octanol–water partition coefficient (Wildman–Crippen LogP) is 1.87. The smallest absolute Gasteiger partial charge is 0.0270 e. The van der Waals surface area contributed by atoms with Crippen molar-refractivity contribution in [1.82, 2.24) is 10.3 Å². The minimum atomic E-state index is 0.743. The van der Waals surface area contributed by atoms with Gasteiger partial charge in [0.05, 0.1) is 0 Å². The molecule has 2 nitrogen and oxygen atoms in total. The van der Waals surface area contributed by atoms with Gasteiger partial charge in [0.1, 0.15) is 0 Å². The van der Waals surface area contributed by atoms with Gasteiger partial charge in [-0.3, -0.25) is 4.98 Å². The van der Waals surface area contributed by atoms with E-state index >= 15 is 0 Å². The molecule has 0 fully saturated rings. The van der Waals surface area contributed by atoms with E-state index in [1.807, 2.05) is 19.4 Å². The number of hydrogen-bond donors (Lipinski definition) is 1. The van der Waals surface area contributed by atoms with Crippen molar-refractivity contribution in [1.29, 1.82) is 0 Å². The van der Waals surface area contributed by atoms with E-state index in [0.29, 0.717) is 0 Å². The van der Waals surface area contributed by atoms with Crippen LogP contribution in [0.3, 0.4) is 0 Å². The molecule has 1 rings (SSSR count).